The minimum Gasteiger partial charge on any atom is -0.370 e. The van der Waals surface area contributed by atoms with Crippen LogP contribution in [-0.2, 0) is 6.42 Å². The van der Waals surface area contributed by atoms with E-state index in [2.05, 4.69) is 52.0 Å². The second kappa shape index (κ2) is 6.84. The Balaban J connectivity index is 2.58. The van der Waals surface area contributed by atoms with Crippen molar-refractivity contribution in [3.63, 3.8) is 0 Å². The van der Waals surface area contributed by atoms with Crippen LogP contribution in [0.3, 0.4) is 0 Å². The molecule has 1 N–H and O–H groups in total. The van der Waals surface area contributed by atoms with Gasteiger partial charge in [0.15, 0.2) is 0 Å². The molecule has 0 aliphatic carbocycles. The van der Waals surface area contributed by atoms with Gasteiger partial charge in [-0.3, -0.25) is 0 Å². The summed E-state index contributed by atoms with van der Waals surface area (Å²) in [5.74, 6) is 2.54. The van der Waals surface area contributed by atoms with Gasteiger partial charge in [0, 0.05) is 19.0 Å². The van der Waals surface area contributed by atoms with Crippen LogP contribution in [-0.4, -0.2) is 16.5 Å². The van der Waals surface area contributed by atoms with Crippen LogP contribution in [0.2, 0.25) is 0 Å². The van der Waals surface area contributed by atoms with Crippen LogP contribution in [0.15, 0.2) is 10.7 Å². The largest absolute Gasteiger partial charge is 0.370 e. The van der Waals surface area contributed by atoms with E-state index in [1.165, 1.54) is 0 Å². The van der Waals surface area contributed by atoms with Crippen LogP contribution in [0.25, 0.3) is 0 Å². The number of hydrogen-bond donors (Lipinski definition) is 1. The summed E-state index contributed by atoms with van der Waals surface area (Å²) in [6.07, 6.45) is 3.16. The Morgan fingerprint density at radius 2 is 2.12 bits per heavy atom. The third kappa shape index (κ3) is 4.92. The van der Waals surface area contributed by atoms with Gasteiger partial charge in [-0.2, -0.15) is 0 Å². The first-order valence-electron chi connectivity index (χ1n) is 5.89. The Hall–Kier alpha value is -0.640. The summed E-state index contributed by atoms with van der Waals surface area (Å²) in [5.41, 5.74) is 0. The average Bonchev–Trinajstić information content (AvgIpc) is 2.16. The lowest BCUT2D eigenvalue weighted by molar-refractivity contribution is 0.606. The lowest BCUT2D eigenvalue weighted by Gasteiger charge is -2.09. The van der Waals surface area contributed by atoms with E-state index in [0.717, 1.165) is 42.1 Å². The number of rotatable bonds is 6. The number of halogens is 1. The first-order chi connectivity index (χ1) is 7.61. The highest BCUT2D eigenvalue weighted by atomic mass is 79.9. The molecule has 1 heterocycles. The van der Waals surface area contributed by atoms with E-state index in [1.807, 2.05) is 6.07 Å². The van der Waals surface area contributed by atoms with E-state index < -0.39 is 0 Å². The molecule has 0 radical (unpaired) electrons. The molecule has 0 spiro atoms. The van der Waals surface area contributed by atoms with Crippen LogP contribution in [0.4, 0.5) is 5.82 Å². The molecule has 90 valence electrons. The maximum atomic E-state index is 4.47. The molecule has 0 atom stereocenters. The smallest absolute Gasteiger partial charge is 0.132 e. The first-order valence-corrected chi connectivity index (χ1v) is 6.68. The highest BCUT2D eigenvalue weighted by Gasteiger charge is 2.02. The summed E-state index contributed by atoms with van der Waals surface area (Å²) >= 11 is 3.41. The molecule has 0 fully saturated rings. The summed E-state index contributed by atoms with van der Waals surface area (Å²) < 4.78 is 0.859. The van der Waals surface area contributed by atoms with Gasteiger partial charge in [0.25, 0.3) is 0 Å². The van der Waals surface area contributed by atoms with Gasteiger partial charge in [0.05, 0.1) is 0 Å². The maximum absolute atomic E-state index is 4.47. The maximum Gasteiger partial charge on any atom is 0.132 e. The fraction of sp³-hybridized carbons (Fsp3) is 0.667. The van der Waals surface area contributed by atoms with Gasteiger partial charge in [0.2, 0.25) is 0 Å². The van der Waals surface area contributed by atoms with E-state index in [4.69, 9.17) is 0 Å². The standard InChI is InChI=1S/C12H20BrN3/c1-4-5-11-15-10(13)8-12(16-11)14-7-6-9(2)3/h8-9H,4-7H2,1-3H3,(H,14,15,16). The number of aryl methyl sites for hydroxylation is 1. The SMILES string of the molecule is CCCc1nc(Br)cc(NCCC(C)C)n1. The highest BCUT2D eigenvalue weighted by Crippen LogP contribution is 2.13. The van der Waals surface area contributed by atoms with Crippen molar-refractivity contribution >= 4 is 21.7 Å². The van der Waals surface area contributed by atoms with Crippen LogP contribution >= 0.6 is 15.9 Å². The first kappa shape index (κ1) is 13.4. The second-order valence-corrected chi connectivity index (χ2v) is 5.16. The molecule has 1 aromatic rings. The second-order valence-electron chi connectivity index (χ2n) is 4.35. The van der Waals surface area contributed by atoms with Gasteiger partial charge in [-0.15, -0.1) is 0 Å². The van der Waals surface area contributed by atoms with Crippen molar-refractivity contribution in [1.82, 2.24) is 9.97 Å². The molecule has 1 aromatic heterocycles. The zero-order valence-electron chi connectivity index (χ0n) is 10.3. The van der Waals surface area contributed by atoms with E-state index in [1.54, 1.807) is 0 Å². The molecule has 16 heavy (non-hydrogen) atoms. The zero-order chi connectivity index (χ0) is 12.0. The molecule has 0 saturated heterocycles. The Labute approximate surface area is 106 Å². The van der Waals surface area contributed by atoms with Gasteiger partial charge >= 0.3 is 0 Å². The van der Waals surface area contributed by atoms with E-state index in [9.17, 15) is 0 Å². The normalized spacial score (nSPS) is 10.8. The lowest BCUT2D eigenvalue weighted by Crippen LogP contribution is -2.08. The van der Waals surface area contributed by atoms with E-state index in [0.29, 0.717) is 5.92 Å². The van der Waals surface area contributed by atoms with Crippen LogP contribution in [0.5, 0.6) is 0 Å². The predicted molar refractivity (Wildman–Crippen MR) is 71.7 cm³/mol. The van der Waals surface area contributed by atoms with Crippen LogP contribution in [0.1, 0.15) is 39.4 Å². The fourth-order valence-corrected chi connectivity index (χ4v) is 1.80. The van der Waals surface area contributed by atoms with Crippen molar-refractivity contribution in [3.05, 3.63) is 16.5 Å². The number of anilines is 1. The quantitative estimate of drug-likeness (QED) is 0.811. The molecule has 0 amide bonds. The van der Waals surface area contributed by atoms with Crippen molar-refractivity contribution < 1.29 is 0 Å². The fourth-order valence-electron chi connectivity index (χ4n) is 1.38. The molecule has 1 rings (SSSR count). The number of hydrogen-bond acceptors (Lipinski definition) is 3. The minimum absolute atomic E-state index is 0.716. The molecule has 0 aliphatic heterocycles. The topological polar surface area (TPSA) is 37.8 Å². The highest BCUT2D eigenvalue weighted by molar-refractivity contribution is 9.10. The Kier molecular flexibility index (Phi) is 5.74. The molecule has 0 saturated carbocycles. The van der Waals surface area contributed by atoms with Crippen molar-refractivity contribution in [2.24, 2.45) is 5.92 Å². The number of nitrogens with zero attached hydrogens (tertiary/aromatic N) is 2. The third-order valence-corrected chi connectivity index (χ3v) is 2.65. The van der Waals surface area contributed by atoms with Crippen molar-refractivity contribution in [2.75, 3.05) is 11.9 Å². The molecule has 0 aromatic carbocycles. The monoisotopic (exact) mass is 285 g/mol. The lowest BCUT2D eigenvalue weighted by atomic mass is 10.1. The van der Waals surface area contributed by atoms with Gasteiger partial charge in [0.1, 0.15) is 16.2 Å². The molecular formula is C12H20BrN3. The minimum atomic E-state index is 0.716. The Morgan fingerprint density at radius 1 is 1.38 bits per heavy atom. The summed E-state index contributed by atoms with van der Waals surface area (Å²) in [4.78, 5) is 8.80. The molecular weight excluding hydrogens is 266 g/mol. The third-order valence-electron chi connectivity index (χ3n) is 2.24. The number of aromatic nitrogens is 2. The predicted octanol–water partition coefficient (Wildman–Crippen LogP) is 3.65. The van der Waals surface area contributed by atoms with Gasteiger partial charge in [-0.1, -0.05) is 20.8 Å². The molecule has 0 unspecified atom stereocenters. The summed E-state index contributed by atoms with van der Waals surface area (Å²) in [5, 5.41) is 3.33. The van der Waals surface area contributed by atoms with Gasteiger partial charge in [-0.05, 0) is 34.7 Å². The van der Waals surface area contributed by atoms with Crippen molar-refractivity contribution in [3.8, 4) is 0 Å². The van der Waals surface area contributed by atoms with E-state index in [-0.39, 0.29) is 0 Å². The molecule has 0 bridgehead atoms. The van der Waals surface area contributed by atoms with E-state index >= 15 is 0 Å². The number of nitrogens with one attached hydrogen (secondary N) is 1. The van der Waals surface area contributed by atoms with Gasteiger partial charge < -0.3 is 5.32 Å². The summed E-state index contributed by atoms with van der Waals surface area (Å²) in [6, 6.07) is 1.93. The molecule has 3 nitrogen and oxygen atoms in total. The Bertz CT molecular complexity index is 326. The summed E-state index contributed by atoms with van der Waals surface area (Å²) in [7, 11) is 0. The van der Waals surface area contributed by atoms with Crippen LogP contribution in [0, 0.1) is 5.92 Å². The molecule has 4 heteroatoms. The van der Waals surface area contributed by atoms with Gasteiger partial charge in [-0.25, -0.2) is 9.97 Å². The van der Waals surface area contributed by atoms with Crippen LogP contribution < -0.4 is 5.32 Å². The zero-order valence-corrected chi connectivity index (χ0v) is 11.8. The van der Waals surface area contributed by atoms with Crippen molar-refractivity contribution in [2.45, 2.75) is 40.0 Å². The van der Waals surface area contributed by atoms with Crippen molar-refractivity contribution in [1.29, 1.82) is 0 Å². The summed E-state index contributed by atoms with van der Waals surface area (Å²) in [6.45, 7) is 7.54. The Morgan fingerprint density at radius 3 is 2.75 bits per heavy atom. The average molecular weight is 286 g/mol. The molecule has 0 aliphatic rings.